The van der Waals surface area contributed by atoms with Crippen molar-refractivity contribution < 1.29 is 9.47 Å². The molecule has 2 heterocycles. The molecule has 1 aliphatic carbocycles. The third-order valence-electron chi connectivity index (χ3n) is 6.16. The van der Waals surface area contributed by atoms with Gasteiger partial charge in [0.15, 0.2) is 0 Å². The Morgan fingerprint density at radius 2 is 1.97 bits per heavy atom. The zero-order chi connectivity index (χ0) is 24.2. The van der Waals surface area contributed by atoms with Gasteiger partial charge in [-0.15, -0.1) is 0 Å². The van der Waals surface area contributed by atoms with E-state index in [1.807, 2.05) is 38.5 Å². The molecule has 0 radical (unpaired) electrons. The minimum Gasteiger partial charge on any atom is -0.497 e. The molecule has 5 rings (SSSR count). The van der Waals surface area contributed by atoms with E-state index in [0.29, 0.717) is 19.3 Å². The van der Waals surface area contributed by atoms with Crippen LogP contribution in [0.25, 0.3) is 22.3 Å². The summed E-state index contributed by atoms with van der Waals surface area (Å²) in [6, 6.07) is 13.2. The molecule has 1 fully saturated rings. The minimum absolute atomic E-state index is 0.548. The zero-order valence-electron chi connectivity index (χ0n) is 20.6. The predicted molar refractivity (Wildman–Crippen MR) is 138 cm³/mol. The number of ether oxygens (including phenoxy) is 2. The second-order valence-corrected chi connectivity index (χ2v) is 8.89. The molecule has 4 aromatic rings. The molecule has 8 heteroatoms. The van der Waals surface area contributed by atoms with Gasteiger partial charge < -0.3 is 19.7 Å². The highest BCUT2D eigenvalue weighted by molar-refractivity contribution is 5.82. The highest BCUT2D eigenvalue weighted by atomic mass is 16.5. The second-order valence-electron chi connectivity index (χ2n) is 8.89. The van der Waals surface area contributed by atoms with Crippen LogP contribution in [0.1, 0.15) is 25.3 Å². The summed E-state index contributed by atoms with van der Waals surface area (Å²) in [5.74, 6) is 0.816. The summed E-state index contributed by atoms with van der Waals surface area (Å²) < 4.78 is 13.1. The molecule has 1 aliphatic rings. The molecule has 1 N–H and O–H groups in total. The molecule has 35 heavy (non-hydrogen) atoms. The van der Waals surface area contributed by atoms with Gasteiger partial charge in [0, 0.05) is 62.0 Å². The molecule has 0 bridgehead atoms. The average Bonchev–Trinajstić information content (AvgIpc) is 3.61. The Morgan fingerprint density at radius 3 is 2.71 bits per heavy atom. The molecule has 182 valence electrons. The normalized spacial score (nSPS) is 13.3. The van der Waals surface area contributed by atoms with Crippen LogP contribution in [0, 0.1) is 0 Å². The van der Waals surface area contributed by atoms with Crippen LogP contribution >= 0.6 is 0 Å². The Kier molecular flexibility index (Phi) is 6.92. The monoisotopic (exact) mass is 472 g/mol. The maximum atomic E-state index is 5.68. The van der Waals surface area contributed by atoms with Crippen LogP contribution < -0.4 is 15.0 Å². The van der Waals surface area contributed by atoms with E-state index in [2.05, 4.69) is 44.6 Å². The minimum atomic E-state index is 0.548. The topological polar surface area (TPSA) is 77.3 Å². The number of hydrogen-bond donors (Lipinski definition) is 1. The zero-order valence-corrected chi connectivity index (χ0v) is 20.6. The van der Waals surface area contributed by atoms with Gasteiger partial charge in [-0.2, -0.15) is 5.10 Å². The Morgan fingerprint density at radius 1 is 1.09 bits per heavy atom. The molecule has 2 aromatic carbocycles. The molecule has 8 nitrogen and oxygen atoms in total. The van der Waals surface area contributed by atoms with Gasteiger partial charge in [0.05, 0.1) is 42.8 Å². The van der Waals surface area contributed by atoms with E-state index >= 15 is 0 Å². The lowest BCUT2D eigenvalue weighted by molar-refractivity contribution is 0.134. The molecule has 0 saturated heterocycles. The lowest BCUT2D eigenvalue weighted by Gasteiger charge is -2.26. The number of anilines is 2. The first-order valence-electron chi connectivity index (χ1n) is 12.2. The predicted octanol–water partition coefficient (Wildman–Crippen LogP) is 4.47. The van der Waals surface area contributed by atoms with Gasteiger partial charge >= 0.3 is 0 Å². The maximum Gasteiger partial charge on any atom is 0.121 e. The highest BCUT2D eigenvalue weighted by Crippen LogP contribution is 2.32. The first-order valence-corrected chi connectivity index (χ1v) is 12.2. The number of hydrogen-bond acceptors (Lipinski definition) is 7. The lowest BCUT2D eigenvalue weighted by Crippen LogP contribution is -2.30. The summed E-state index contributed by atoms with van der Waals surface area (Å²) in [7, 11) is 3.60. The number of nitrogens with one attached hydrogen (secondary N) is 1. The van der Waals surface area contributed by atoms with E-state index in [-0.39, 0.29) is 0 Å². The quantitative estimate of drug-likeness (QED) is 0.345. The summed E-state index contributed by atoms with van der Waals surface area (Å²) in [4.78, 5) is 11.9. The molecule has 0 aliphatic heterocycles. The third-order valence-corrected chi connectivity index (χ3v) is 6.16. The van der Waals surface area contributed by atoms with E-state index in [0.717, 1.165) is 58.1 Å². The van der Waals surface area contributed by atoms with Crippen molar-refractivity contribution in [2.24, 2.45) is 7.05 Å². The van der Waals surface area contributed by atoms with Crippen molar-refractivity contribution >= 4 is 22.4 Å². The largest absolute Gasteiger partial charge is 0.497 e. The van der Waals surface area contributed by atoms with Crippen molar-refractivity contribution in [3.05, 3.63) is 60.6 Å². The Hall–Kier alpha value is -3.49. The number of fused-ring (bicyclic) bond motifs is 1. The number of aromatic nitrogens is 4. The molecular weight excluding hydrogens is 440 g/mol. The molecular formula is C27H32N6O2. The van der Waals surface area contributed by atoms with Crippen LogP contribution in [0.2, 0.25) is 0 Å². The van der Waals surface area contributed by atoms with Crippen LogP contribution in [-0.2, 0) is 18.4 Å². The fourth-order valence-electron chi connectivity index (χ4n) is 4.16. The number of methoxy groups -OCH3 is 1. The number of benzene rings is 2. The lowest BCUT2D eigenvalue weighted by atomic mass is 10.1. The van der Waals surface area contributed by atoms with E-state index in [4.69, 9.17) is 14.5 Å². The van der Waals surface area contributed by atoms with E-state index in [9.17, 15) is 0 Å². The fraction of sp³-hybridized carbons (Fsp3) is 0.370. The van der Waals surface area contributed by atoms with E-state index < -0.39 is 0 Å². The van der Waals surface area contributed by atoms with Crippen molar-refractivity contribution in [1.29, 1.82) is 0 Å². The standard InChI is InChI=1S/C27H32N6O2/c1-4-35-18-19-11-23(13-24(12-19)34-3)33(10-9-28-21-5-6-21)22-7-8-25-26(14-22)31-27(16-29-25)20-15-30-32(2)17-20/h7-8,11-17,21,28H,4-6,9-10,18H2,1-3H3. The van der Waals surface area contributed by atoms with Crippen LogP contribution in [0.4, 0.5) is 11.4 Å². The summed E-state index contributed by atoms with van der Waals surface area (Å²) >= 11 is 0. The van der Waals surface area contributed by atoms with Gasteiger partial charge in [-0.05, 0) is 55.7 Å². The van der Waals surface area contributed by atoms with Crippen LogP contribution in [0.15, 0.2) is 55.0 Å². The first-order chi connectivity index (χ1) is 17.1. The molecule has 0 atom stereocenters. The van der Waals surface area contributed by atoms with Crippen LogP contribution in [0.5, 0.6) is 5.75 Å². The Bertz CT molecular complexity index is 1300. The Labute approximate surface area is 205 Å². The van der Waals surface area contributed by atoms with Gasteiger partial charge in [0.2, 0.25) is 0 Å². The summed E-state index contributed by atoms with van der Waals surface area (Å²) in [5, 5.41) is 7.91. The van der Waals surface area contributed by atoms with Crippen LogP contribution in [-0.4, -0.2) is 52.6 Å². The molecule has 2 aromatic heterocycles. The Balaban J connectivity index is 1.52. The van der Waals surface area contributed by atoms with Crippen molar-refractivity contribution in [2.45, 2.75) is 32.4 Å². The highest BCUT2D eigenvalue weighted by Gasteiger charge is 2.21. The third kappa shape index (κ3) is 5.61. The molecule has 0 unspecified atom stereocenters. The van der Waals surface area contributed by atoms with Crippen molar-refractivity contribution in [3.8, 4) is 17.0 Å². The summed E-state index contributed by atoms with van der Waals surface area (Å²) in [6.07, 6.45) is 8.09. The first kappa shape index (κ1) is 23.3. The number of aryl methyl sites for hydroxylation is 1. The summed E-state index contributed by atoms with van der Waals surface area (Å²) in [6.45, 7) is 4.94. The number of rotatable bonds is 11. The average molecular weight is 473 g/mol. The smallest absolute Gasteiger partial charge is 0.121 e. The maximum absolute atomic E-state index is 5.68. The van der Waals surface area contributed by atoms with Gasteiger partial charge in [-0.25, -0.2) is 4.98 Å². The van der Waals surface area contributed by atoms with Crippen molar-refractivity contribution in [1.82, 2.24) is 25.1 Å². The van der Waals surface area contributed by atoms with Gasteiger partial charge in [0.25, 0.3) is 0 Å². The SMILES string of the molecule is CCOCc1cc(OC)cc(N(CCNC2CC2)c2ccc3ncc(-c4cnn(C)c4)nc3c2)c1. The van der Waals surface area contributed by atoms with Crippen molar-refractivity contribution in [3.63, 3.8) is 0 Å². The molecule has 1 saturated carbocycles. The van der Waals surface area contributed by atoms with Gasteiger partial charge in [-0.1, -0.05) is 0 Å². The van der Waals surface area contributed by atoms with E-state index in [1.54, 1.807) is 18.0 Å². The van der Waals surface area contributed by atoms with Gasteiger partial charge in [0.1, 0.15) is 5.75 Å². The van der Waals surface area contributed by atoms with Crippen molar-refractivity contribution in [2.75, 3.05) is 31.7 Å². The fourth-order valence-corrected chi connectivity index (χ4v) is 4.16. The van der Waals surface area contributed by atoms with E-state index in [1.165, 1.54) is 12.8 Å². The summed E-state index contributed by atoms with van der Waals surface area (Å²) in [5.41, 5.74) is 6.68. The second kappa shape index (κ2) is 10.4. The molecule has 0 amide bonds. The number of nitrogens with zero attached hydrogens (tertiary/aromatic N) is 5. The van der Waals surface area contributed by atoms with Gasteiger partial charge in [-0.3, -0.25) is 9.67 Å². The molecule has 0 spiro atoms. The van der Waals surface area contributed by atoms with Crippen LogP contribution in [0.3, 0.4) is 0 Å².